The molecule has 9 heteroatoms. The van der Waals surface area contributed by atoms with Crippen molar-refractivity contribution in [3.8, 4) is 5.69 Å². The highest BCUT2D eigenvalue weighted by molar-refractivity contribution is 7.89. The van der Waals surface area contributed by atoms with Gasteiger partial charge in [0.05, 0.1) is 17.7 Å². The molecule has 0 aliphatic carbocycles. The van der Waals surface area contributed by atoms with E-state index in [1.54, 1.807) is 6.21 Å². The number of hydrazone groups is 1. The summed E-state index contributed by atoms with van der Waals surface area (Å²) in [4.78, 5) is 12.8. The molecule has 1 aromatic heterocycles. The van der Waals surface area contributed by atoms with Gasteiger partial charge in [-0.3, -0.25) is 4.79 Å². The smallest absolute Gasteiger partial charge is 0.255 e. The predicted molar refractivity (Wildman–Crippen MR) is 146 cm³/mol. The van der Waals surface area contributed by atoms with E-state index in [0.717, 1.165) is 32.5 Å². The summed E-state index contributed by atoms with van der Waals surface area (Å²) in [5.41, 5.74) is 7.10. The first-order valence-electron chi connectivity index (χ1n) is 11.6. The van der Waals surface area contributed by atoms with Gasteiger partial charge in [-0.2, -0.15) is 9.41 Å². The molecular formula is C28H27ClN4O3S. The van der Waals surface area contributed by atoms with E-state index in [4.69, 9.17) is 11.6 Å². The monoisotopic (exact) mass is 534 g/mol. The fraction of sp³-hybridized carbons (Fsp3) is 0.143. The third-order valence-corrected chi connectivity index (χ3v) is 7.91. The van der Waals surface area contributed by atoms with Crippen LogP contribution in [0.2, 0.25) is 5.02 Å². The zero-order valence-corrected chi connectivity index (χ0v) is 22.1. The molecule has 0 saturated heterocycles. The van der Waals surface area contributed by atoms with Gasteiger partial charge in [-0.1, -0.05) is 60.1 Å². The van der Waals surface area contributed by atoms with Gasteiger partial charge in [0.15, 0.2) is 0 Å². The summed E-state index contributed by atoms with van der Waals surface area (Å²) in [6, 6.07) is 26.9. The summed E-state index contributed by atoms with van der Waals surface area (Å²) >= 11 is 5.93. The third kappa shape index (κ3) is 6.35. The van der Waals surface area contributed by atoms with E-state index in [1.165, 1.54) is 24.3 Å². The first kappa shape index (κ1) is 26.3. The lowest BCUT2D eigenvalue weighted by molar-refractivity contribution is -0.121. The van der Waals surface area contributed by atoms with Crippen LogP contribution >= 0.6 is 11.6 Å². The Kier molecular flexibility index (Phi) is 8.23. The maximum absolute atomic E-state index is 13.4. The Morgan fingerprint density at radius 2 is 1.59 bits per heavy atom. The number of carbonyl (C=O) groups excluding carboxylic acids is 1. The van der Waals surface area contributed by atoms with Crippen LogP contribution in [0.3, 0.4) is 0 Å². The number of aryl methyl sites for hydroxylation is 1. The number of carbonyl (C=O) groups is 1. The molecule has 3 aromatic carbocycles. The molecular weight excluding hydrogens is 508 g/mol. The van der Waals surface area contributed by atoms with Crippen LogP contribution in [0, 0.1) is 13.8 Å². The summed E-state index contributed by atoms with van der Waals surface area (Å²) in [5.74, 6) is -0.554. The summed E-state index contributed by atoms with van der Waals surface area (Å²) in [6.07, 6.45) is 1.56. The summed E-state index contributed by atoms with van der Waals surface area (Å²) in [5, 5.41) is 4.52. The number of hydrogen-bond donors (Lipinski definition) is 1. The zero-order valence-electron chi connectivity index (χ0n) is 20.5. The van der Waals surface area contributed by atoms with Gasteiger partial charge in [-0.15, -0.1) is 0 Å². The molecule has 0 aliphatic heterocycles. The Morgan fingerprint density at radius 3 is 2.24 bits per heavy atom. The van der Waals surface area contributed by atoms with Gasteiger partial charge >= 0.3 is 0 Å². The Bertz CT molecular complexity index is 1500. The number of rotatable bonds is 9. The van der Waals surface area contributed by atoms with Crippen molar-refractivity contribution in [1.82, 2.24) is 14.3 Å². The Labute approximate surface area is 222 Å². The highest BCUT2D eigenvalue weighted by Gasteiger charge is 2.27. The normalized spacial score (nSPS) is 11.8. The van der Waals surface area contributed by atoms with E-state index < -0.39 is 22.5 Å². The fourth-order valence-electron chi connectivity index (χ4n) is 4.03. The topological polar surface area (TPSA) is 83.8 Å². The highest BCUT2D eigenvalue weighted by Crippen LogP contribution is 2.21. The van der Waals surface area contributed by atoms with Gasteiger partial charge in [-0.05, 0) is 61.9 Å². The van der Waals surface area contributed by atoms with Crippen LogP contribution in [0.25, 0.3) is 5.69 Å². The van der Waals surface area contributed by atoms with Crippen LogP contribution in [0.1, 0.15) is 22.5 Å². The number of benzene rings is 3. The van der Waals surface area contributed by atoms with Crippen LogP contribution in [-0.4, -0.2) is 36.0 Å². The van der Waals surface area contributed by atoms with E-state index in [2.05, 4.69) is 15.1 Å². The lowest BCUT2D eigenvalue weighted by atomic mass is 10.2. The van der Waals surface area contributed by atoms with Crippen LogP contribution in [0.4, 0.5) is 0 Å². The molecule has 0 atom stereocenters. The molecule has 4 rings (SSSR count). The highest BCUT2D eigenvalue weighted by atomic mass is 35.5. The second kappa shape index (κ2) is 11.6. The molecule has 0 saturated carbocycles. The minimum absolute atomic E-state index is 0.0289. The van der Waals surface area contributed by atoms with E-state index >= 15 is 0 Å². The van der Waals surface area contributed by atoms with Gasteiger partial charge in [0.1, 0.15) is 0 Å². The molecule has 0 bridgehead atoms. The van der Waals surface area contributed by atoms with Crippen molar-refractivity contribution in [2.45, 2.75) is 25.3 Å². The van der Waals surface area contributed by atoms with Crippen molar-refractivity contribution in [3.05, 3.63) is 119 Å². The molecule has 7 nitrogen and oxygen atoms in total. The van der Waals surface area contributed by atoms with E-state index in [1.807, 2.05) is 80.6 Å². The van der Waals surface area contributed by atoms with Crippen molar-refractivity contribution < 1.29 is 13.2 Å². The lowest BCUT2D eigenvalue weighted by Crippen LogP contribution is -2.39. The largest absolute Gasteiger partial charge is 0.318 e. The minimum Gasteiger partial charge on any atom is -0.318 e. The second-order valence-electron chi connectivity index (χ2n) is 8.50. The standard InChI is InChI=1S/C28H27ClN4O3S/c1-21-17-24(22(2)33(21)26-11-7-4-8-12-26)18-30-31-28(34)20-32(19-23-9-5-3-6-10-23)37(35,36)27-15-13-25(29)14-16-27/h3-18H,19-20H2,1-2H3,(H,31,34)/b30-18+. The lowest BCUT2D eigenvalue weighted by Gasteiger charge is -2.21. The van der Waals surface area contributed by atoms with Crippen LogP contribution in [0.5, 0.6) is 0 Å². The van der Waals surface area contributed by atoms with Crippen molar-refractivity contribution in [3.63, 3.8) is 0 Å². The summed E-state index contributed by atoms with van der Waals surface area (Å²) in [6.45, 7) is 3.60. The first-order chi connectivity index (χ1) is 17.8. The molecule has 1 heterocycles. The fourth-order valence-corrected chi connectivity index (χ4v) is 5.54. The predicted octanol–water partition coefficient (Wildman–Crippen LogP) is 5.09. The summed E-state index contributed by atoms with van der Waals surface area (Å²) in [7, 11) is -3.97. The molecule has 0 unspecified atom stereocenters. The van der Waals surface area contributed by atoms with E-state index in [9.17, 15) is 13.2 Å². The number of hydrogen-bond acceptors (Lipinski definition) is 4. The molecule has 1 N–H and O–H groups in total. The molecule has 190 valence electrons. The minimum atomic E-state index is -3.97. The van der Waals surface area contributed by atoms with Gasteiger partial charge in [0.2, 0.25) is 10.0 Å². The molecule has 1 amide bonds. The van der Waals surface area contributed by atoms with Crippen LogP contribution in [-0.2, 0) is 21.4 Å². The molecule has 0 aliphatic rings. The Morgan fingerprint density at radius 1 is 0.973 bits per heavy atom. The Balaban J connectivity index is 1.51. The average molecular weight is 535 g/mol. The zero-order chi connectivity index (χ0) is 26.4. The second-order valence-corrected chi connectivity index (χ2v) is 10.9. The maximum atomic E-state index is 13.4. The van der Waals surface area contributed by atoms with Gasteiger partial charge < -0.3 is 4.57 Å². The number of nitrogens with one attached hydrogen (secondary N) is 1. The maximum Gasteiger partial charge on any atom is 0.255 e. The molecule has 0 fully saturated rings. The average Bonchev–Trinajstić information content (AvgIpc) is 3.17. The van der Waals surface area contributed by atoms with E-state index in [-0.39, 0.29) is 11.4 Å². The SMILES string of the molecule is Cc1cc(/C=N/NC(=O)CN(Cc2ccccc2)S(=O)(=O)c2ccc(Cl)cc2)c(C)n1-c1ccccc1. The molecule has 0 radical (unpaired) electrons. The van der Waals surface area contributed by atoms with Gasteiger partial charge in [0, 0.05) is 34.2 Å². The van der Waals surface area contributed by atoms with Gasteiger partial charge in [-0.25, -0.2) is 13.8 Å². The van der Waals surface area contributed by atoms with Crippen LogP contribution in [0.15, 0.2) is 101 Å². The van der Waals surface area contributed by atoms with Gasteiger partial charge in [0.25, 0.3) is 5.91 Å². The van der Waals surface area contributed by atoms with Crippen molar-refractivity contribution in [1.29, 1.82) is 0 Å². The molecule has 37 heavy (non-hydrogen) atoms. The number of halogens is 1. The molecule has 0 spiro atoms. The quantitative estimate of drug-likeness (QED) is 0.240. The number of amides is 1. The number of para-hydroxylation sites is 1. The van der Waals surface area contributed by atoms with Crippen LogP contribution < -0.4 is 5.43 Å². The van der Waals surface area contributed by atoms with Crippen molar-refractivity contribution >= 4 is 33.7 Å². The Hall–Kier alpha value is -3.72. The summed E-state index contributed by atoms with van der Waals surface area (Å²) < 4.78 is 29.9. The van der Waals surface area contributed by atoms with Crippen molar-refractivity contribution in [2.24, 2.45) is 5.10 Å². The number of aromatic nitrogens is 1. The first-order valence-corrected chi connectivity index (χ1v) is 13.4. The third-order valence-electron chi connectivity index (χ3n) is 5.85. The number of sulfonamides is 1. The molecule has 4 aromatic rings. The number of nitrogens with zero attached hydrogens (tertiary/aromatic N) is 3. The van der Waals surface area contributed by atoms with Crippen molar-refractivity contribution in [2.75, 3.05) is 6.54 Å². The van der Waals surface area contributed by atoms with E-state index in [0.29, 0.717) is 5.02 Å².